The van der Waals surface area contributed by atoms with Gasteiger partial charge in [0, 0.05) is 11.3 Å². The van der Waals surface area contributed by atoms with Crippen LogP contribution in [0.1, 0.15) is 30.6 Å². The molecule has 0 aromatic heterocycles. The molecule has 154 valence electrons. The largest absolute Gasteiger partial charge is 0.490 e. The zero-order valence-electron chi connectivity index (χ0n) is 16.3. The maximum absolute atomic E-state index is 12.2. The van der Waals surface area contributed by atoms with Crippen LogP contribution in [-0.4, -0.2) is 37.1 Å². The van der Waals surface area contributed by atoms with Crippen molar-refractivity contribution in [2.75, 3.05) is 18.5 Å². The van der Waals surface area contributed by atoms with Gasteiger partial charge >= 0.3 is 5.97 Å². The number of rotatable bonds is 10. The maximum Gasteiger partial charge on any atom is 0.344 e. The highest BCUT2D eigenvalue weighted by molar-refractivity contribution is 5.96. The van der Waals surface area contributed by atoms with Crippen molar-refractivity contribution >= 4 is 23.5 Å². The number of ether oxygens (including phenoxy) is 3. The molecular formula is C21H24N2O6. The highest BCUT2D eigenvalue weighted by Gasteiger charge is 2.19. The van der Waals surface area contributed by atoms with Gasteiger partial charge in [-0.2, -0.15) is 0 Å². The number of carbonyl (C=O) groups excluding carboxylic acids is 3. The number of para-hydroxylation sites is 2. The first-order valence-electron chi connectivity index (χ1n) is 9.15. The Hall–Kier alpha value is -3.55. The Morgan fingerprint density at radius 2 is 1.62 bits per heavy atom. The number of esters is 1. The topological polar surface area (TPSA) is 117 Å². The third-order valence-corrected chi connectivity index (χ3v) is 3.77. The average molecular weight is 400 g/mol. The summed E-state index contributed by atoms with van der Waals surface area (Å²) in [6, 6.07) is 13.0. The van der Waals surface area contributed by atoms with E-state index in [0.717, 1.165) is 6.42 Å². The van der Waals surface area contributed by atoms with E-state index in [1.807, 2.05) is 6.92 Å². The van der Waals surface area contributed by atoms with E-state index in [4.69, 9.17) is 19.9 Å². The van der Waals surface area contributed by atoms with Gasteiger partial charge in [-0.05, 0) is 49.7 Å². The van der Waals surface area contributed by atoms with Crippen LogP contribution in [0.4, 0.5) is 5.69 Å². The number of carbonyl (C=O) groups is 3. The molecular weight excluding hydrogens is 376 g/mol. The summed E-state index contributed by atoms with van der Waals surface area (Å²) in [6.07, 6.45) is -0.192. The van der Waals surface area contributed by atoms with Crippen molar-refractivity contribution in [1.29, 1.82) is 0 Å². The summed E-state index contributed by atoms with van der Waals surface area (Å²) in [5.41, 5.74) is 5.94. The molecule has 0 bridgehead atoms. The van der Waals surface area contributed by atoms with E-state index in [1.54, 1.807) is 24.3 Å². The summed E-state index contributed by atoms with van der Waals surface area (Å²) in [5.74, 6) is -0.817. The van der Waals surface area contributed by atoms with Crippen LogP contribution in [0.5, 0.6) is 11.5 Å². The van der Waals surface area contributed by atoms with Crippen molar-refractivity contribution in [3.05, 3.63) is 54.1 Å². The molecule has 3 N–H and O–H groups in total. The molecule has 0 spiro atoms. The van der Waals surface area contributed by atoms with Crippen LogP contribution >= 0.6 is 0 Å². The lowest BCUT2D eigenvalue weighted by molar-refractivity contribution is -0.155. The SMILES string of the molecule is CCCOc1ccccc1OCC(=O)O[C@H](C)C(=O)Nc1ccc(C(N)=O)cc1. The normalized spacial score (nSPS) is 11.2. The fourth-order valence-electron chi connectivity index (χ4n) is 2.28. The molecule has 8 nitrogen and oxygen atoms in total. The number of nitrogens with one attached hydrogen (secondary N) is 1. The number of primary amides is 1. The molecule has 8 heteroatoms. The van der Waals surface area contributed by atoms with Crippen molar-refractivity contribution in [3.8, 4) is 11.5 Å². The third kappa shape index (κ3) is 6.84. The summed E-state index contributed by atoms with van der Waals surface area (Å²) >= 11 is 0. The summed E-state index contributed by atoms with van der Waals surface area (Å²) in [6.45, 7) is 3.60. The minimum Gasteiger partial charge on any atom is -0.490 e. The van der Waals surface area contributed by atoms with Gasteiger partial charge in [-0.3, -0.25) is 9.59 Å². The Balaban J connectivity index is 1.84. The van der Waals surface area contributed by atoms with Crippen LogP contribution in [0.15, 0.2) is 48.5 Å². The number of hydrogen-bond acceptors (Lipinski definition) is 6. The minimum absolute atomic E-state index is 0.322. The quantitative estimate of drug-likeness (QED) is 0.592. The molecule has 1 atom stereocenters. The van der Waals surface area contributed by atoms with Crippen LogP contribution in [0, 0.1) is 0 Å². The predicted molar refractivity (Wildman–Crippen MR) is 107 cm³/mol. The molecule has 2 rings (SSSR count). The van der Waals surface area contributed by atoms with Gasteiger partial charge in [-0.25, -0.2) is 4.79 Å². The Morgan fingerprint density at radius 3 is 2.21 bits per heavy atom. The first-order chi connectivity index (χ1) is 13.9. The molecule has 0 aliphatic carbocycles. The van der Waals surface area contributed by atoms with Crippen LogP contribution in [-0.2, 0) is 14.3 Å². The van der Waals surface area contributed by atoms with E-state index in [9.17, 15) is 14.4 Å². The van der Waals surface area contributed by atoms with Crippen LogP contribution in [0.25, 0.3) is 0 Å². The second kappa shape index (κ2) is 10.7. The van der Waals surface area contributed by atoms with E-state index in [2.05, 4.69) is 5.32 Å². The third-order valence-electron chi connectivity index (χ3n) is 3.77. The van der Waals surface area contributed by atoms with Crippen molar-refractivity contribution in [2.45, 2.75) is 26.4 Å². The van der Waals surface area contributed by atoms with Crippen LogP contribution in [0.2, 0.25) is 0 Å². The number of nitrogens with two attached hydrogens (primary N) is 1. The lowest BCUT2D eigenvalue weighted by Gasteiger charge is -2.15. The smallest absolute Gasteiger partial charge is 0.344 e. The lowest BCUT2D eigenvalue weighted by atomic mass is 10.2. The summed E-state index contributed by atoms with van der Waals surface area (Å²) in [7, 11) is 0. The number of hydrogen-bond donors (Lipinski definition) is 2. The van der Waals surface area contributed by atoms with Gasteiger partial charge in [0.05, 0.1) is 6.61 Å². The molecule has 0 aliphatic heterocycles. The van der Waals surface area contributed by atoms with E-state index < -0.39 is 23.9 Å². The number of benzene rings is 2. The second-order valence-corrected chi connectivity index (χ2v) is 6.15. The molecule has 0 heterocycles. The van der Waals surface area contributed by atoms with Gasteiger partial charge < -0.3 is 25.3 Å². The Morgan fingerprint density at radius 1 is 1.00 bits per heavy atom. The van der Waals surface area contributed by atoms with Crippen molar-refractivity contribution in [1.82, 2.24) is 0 Å². The summed E-state index contributed by atoms with van der Waals surface area (Å²) in [4.78, 5) is 35.2. The molecule has 0 radical (unpaired) electrons. The first-order valence-corrected chi connectivity index (χ1v) is 9.15. The maximum atomic E-state index is 12.2. The highest BCUT2D eigenvalue weighted by atomic mass is 16.6. The van der Waals surface area contributed by atoms with Gasteiger partial charge in [-0.15, -0.1) is 0 Å². The fourth-order valence-corrected chi connectivity index (χ4v) is 2.28. The van der Waals surface area contributed by atoms with E-state index in [1.165, 1.54) is 31.2 Å². The van der Waals surface area contributed by atoms with Gasteiger partial charge in [0.15, 0.2) is 24.2 Å². The van der Waals surface area contributed by atoms with Crippen molar-refractivity contribution in [2.24, 2.45) is 5.73 Å². The van der Waals surface area contributed by atoms with Gasteiger partial charge in [0.25, 0.3) is 5.91 Å². The Labute approximate surface area is 168 Å². The average Bonchev–Trinajstić information content (AvgIpc) is 2.71. The van der Waals surface area contributed by atoms with E-state index >= 15 is 0 Å². The molecule has 29 heavy (non-hydrogen) atoms. The molecule has 0 fully saturated rings. The zero-order valence-corrected chi connectivity index (χ0v) is 16.3. The fraction of sp³-hybridized carbons (Fsp3) is 0.286. The van der Waals surface area contributed by atoms with Crippen molar-refractivity contribution in [3.63, 3.8) is 0 Å². The van der Waals surface area contributed by atoms with E-state index in [-0.39, 0.29) is 6.61 Å². The minimum atomic E-state index is -1.03. The molecule has 2 aromatic carbocycles. The molecule has 2 amide bonds. The molecule has 0 saturated heterocycles. The van der Waals surface area contributed by atoms with Crippen LogP contribution in [0.3, 0.4) is 0 Å². The monoisotopic (exact) mass is 400 g/mol. The van der Waals surface area contributed by atoms with Gasteiger partial charge in [0.1, 0.15) is 0 Å². The van der Waals surface area contributed by atoms with Gasteiger partial charge in [-0.1, -0.05) is 19.1 Å². The number of amides is 2. The Bertz CT molecular complexity index is 851. The zero-order chi connectivity index (χ0) is 21.2. The molecule has 2 aromatic rings. The number of anilines is 1. The second-order valence-electron chi connectivity index (χ2n) is 6.15. The predicted octanol–water partition coefficient (Wildman–Crippen LogP) is 2.52. The van der Waals surface area contributed by atoms with E-state index in [0.29, 0.717) is 29.4 Å². The van der Waals surface area contributed by atoms with Crippen molar-refractivity contribution < 1.29 is 28.6 Å². The highest BCUT2D eigenvalue weighted by Crippen LogP contribution is 2.26. The van der Waals surface area contributed by atoms with Crippen LogP contribution < -0.4 is 20.5 Å². The summed E-state index contributed by atoms with van der Waals surface area (Å²) < 4.78 is 16.1. The molecule has 0 saturated carbocycles. The summed E-state index contributed by atoms with van der Waals surface area (Å²) in [5, 5.41) is 2.59. The lowest BCUT2D eigenvalue weighted by Crippen LogP contribution is -2.31. The molecule has 0 unspecified atom stereocenters. The van der Waals surface area contributed by atoms with Gasteiger partial charge in [0.2, 0.25) is 5.91 Å². The Kier molecular flexibility index (Phi) is 8.02. The molecule has 0 aliphatic rings. The first kappa shape index (κ1) is 21.7. The standard InChI is InChI=1S/C21H24N2O6/c1-3-12-27-17-6-4-5-7-18(17)28-13-19(24)29-14(2)21(26)23-16-10-8-15(9-11-16)20(22)25/h4-11,14H,3,12-13H2,1-2H3,(H2,22,25)(H,23,26)/t14-/m1/s1.